The fourth-order valence-corrected chi connectivity index (χ4v) is 2.86. The molecule has 0 aromatic carbocycles. The van der Waals surface area contributed by atoms with Gasteiger partial charge in [-0.05, 0) is 12.8 Å². The summed E-state index contributed by atoms with van der Waals surface area (Å²) in [5.74, 6) is 1.93. The molecule has 1 unspecified atom stereocenters. The van der Waals surface area contributed by atoms with Crippen LogP contribution in [0.25, 0.3) is 0 Å². The second kappa shape index (κ2) is 7.33. The fraction of sp³-hybridized carbons (Fsp3) is 0.600. The van der Waals surface area contributed by atoms with E-state index >= 15 is 0 Å². The number of hydrogen-bond donors (Lipinski definition) is 2. The molecule has 1 fully saturated rings. The van der Waals surface area contributed by atoms with Crippen LogP contribution < -0.4 is 15.5 Å². The average molecular weight is 332 g/mol. The van der Waals surface area contributed by atoms with Crippen LogP contribution in [0.5, 0.6) is 0 Å². The van der Waals surface area contributed by atoms with Gasteiger partial charge in [0.05, 0.1) is 18.4 Å². The lowest BCUT2D eigenvalue weighted by molar-refractivity contribution is 0.386. The van der Waals surface area contributed by atoms with Gasteiger partial charge >= 0.3 is 0 Å². The van der Waals surface area contributed by atoms with Gasteiger partial charge in [0.2, 0.25) is 5.89 Å². The molecule has 1 atom stereocenters. The second-order valence-electron chi connectivity index (χ2n) is 5.96. The van der Waals surface area contributed by atoms with E-state index in [0.717, 1.165) is 37.6 Å². The molecule has 2 aromatic rings. The van der Waals surface area contributed by atoms with Gasteiger partial charge in [0.1, 0.15) is 0 Å². The molecule has 0 spiro atoms. The Morgan fingerprint density at radius 1 is 1.50 bits per heavy atom. The summed E-state index contributed by atoms with van der Waals surface area (Å²) in [4.78, 5) is 10.8. The summed E-state index contributed by atoms with van der Waals surface area (Å²) in [7, 11) is 3.70. The van der Waals surface area contributed by atoms with Gasteiger partial charge < -0.3 is 20.1 Å². The van der Waals surface area contributed by atoms with Crippen LogP contribution in [0.15, 0.2) is 21.9 Å². The van der Waals surface area contributed by atoms with Crippen molar-refractivity contribution in [2.24, 2.45) is 12.0 Å². The largest absolute Gasteiger partial charge is 0.367 e. The van der Waals surface area contributed by atoms with Crippen LogP contribution in [-0.2, 0) is 13.6 Å². The van der Waals surface area contributed by atoms with E-state index in [1.165, 1.54) is 0 Å². The molecule has 3 rings (SSSR count). The Morgan fingerprint density at radius 2 is 2.38 bits per heavy atom. The van der Waals surface area contributed by atoms with Gasteiger partial charge in [-0.2, -0.15) is 10.1 Å². The van der Waals surface area contributed by atoms with E-state index in [4.69, 9.17) is 4.52 Å². The second-order valence-corrected chi connectivity index (χ2v) is 5.96. The van der Waals surface area contributed by atoms with Crippen molar-refractivity contribution in [2.45, 2.75) is 32.4 Å². The zero-order valence-corrected chi connectivity index (χ0v) is 14.4. The number of aromatic nitrogens is 4. The Morgan fingerprint density at radius 3 is 3.04 bits per heavy atom. The van der Waals surface area contributed by atoms with Crippen LogP contribution >= 0.6 is 0 Å². The smallest absolute Gasteiger partial charge is 0.223 e. The van der Waals surface area contributed by atoms with Crippen molar-refractivity contribution < 1.29 is 4.52 Å². The number of anilines is 1. The Kier molecular flexibility index (Phi) is 4.97. The van der Waals surface area contributed by atoms with Crippen molar-refractivity contribution in [2.75, 3.05) is 25.0 Å². The van der Waals surface area contributed by atoms with Crippen LogP contribution in [0, 0.1) is 6.92 Å². The normalized spacial score (nSPS) is 18.7. The molecule has 0 bridgehead atoms. The van der Waals surface area contributed by atoms with Gasteiger partial charge in [-0.1, -0.05) is 5.16 Å². The van der Waals surface area contributed by atoms with Crippen LogP contribution in [0.3, 0.4) is 0 Å². The van der Waals surface area contributed by atoms with Crippen molar-refractivity contribution in [3.8, 4) is 0 Å². The molecule has 9 heteroatoms. The maximum absolute atomic E-state index is 4.97. The topological polar surface area (TPSA) is 96.4 Å². The molecule has 0 aliphatic carbocycles. The molecule has 0 amide bonds. The molecule has 3 heterocycles. The van der Waals surface area contributed by atoms with Crippen molar-refractivity contribution in [1.29, 1.82) is 0 Å². The summed E-state index contributed by atoms with van der Waals surface area (Å²) in [6.07, 6.45) is 6.20. The van der Waals surface area contributed by atoms with Crippen LogP contribution in [0.1, 0.15) is 24.6 Å². The third-order valence-electron chi connectivity index (χ3n) is 4.03. The molecule has 0 saturated carbocycles. The van der Waals surface area contributed by atoms with E-state index in [2.05, 4.69) is 35.8 Å². The Bertz CT molecular complexity index is 691. The standard InChI is InChI=1S/C15H24N8O/c1-11-19-14(21-24-11)8-17-15(16-2)20-12-5-4-6-23(9-12)13-7-18-22(3)10-13/h7,10,12H,4-6,8-9H2,1-3H3,(H2,16,17,20). The minimum absolute atomic E-state index is 0.331. The molecule has 130 valence electrons. The van der Waals surface area contributed by atoms with E-state index in [1.54, 1.807) is 14.0 Å². The zero-order valence-electron chi connectivity index (χ0n) is 14.4. The summed E-state index contributed by atoms with van der Waals surface area (Å²) < 4.78 is 6.80. The lowest BCUT2D eigenvalue weighted by Crippen LogP contribution is -2.51. The summed E-state index contributed by atoms with van der Waals surface area (Å²) >= 11 is 0. The van der Waals surface area contributed by atoms with Gasteiger partial charge in [0.25, 0.3) is 0 Å². The summed E-state index contributed by atoms with van der Waals surface area (Å²) in [5.41, 5.74) is 1.16. The highest BCUT2D eigenvalue weighted by Crippen LogP contribution is 2.18. The minimum atomic E-state index is 0.331. The number of aliphatic imine (C=N–C) groups is 1. The number of nitrogens with zero attached hydrogens (tertiary/aromatic N) is 6. The SMILES string of the molecule is CN=C(NCc1noc(C)n1)NC1CCCN(c2cnn(C)c2)C1. The predicted molar refractivity (Wildman–Crippen MR) is 90.8 cm³/mol. The Balaban J connectivity index is 1.53. The molecule has 0 radical (unpaired) electrons. The molecule has 24 heavy (non-hydrogen) atoms. The monoisotopic (exact) mass is 332 g/mol. The third kappa shape index (κ3) is 4.03. The number of rotatable bonds is 4. The third-order valence-corrected chi connectivity index (χ3v) is 4.03. The number of piperidine rings is 1. The Labute approximate surface area is 141 Å². The molecule has 2 N–H and O–H groups in total. The first-order valence-electron chi connectivity index (χ1n) is 8.14. The highest BCUT2D eigenvalue weighted by atomic mass is 16.5. The maximum atomic E-state index is 4.97. The molecule has 1 saturated heterocycles. The van der Waals surface area contributed by atoms with Crippen molar-refractivity contribution >= 4 is 11.6 Å². The molecule has 2 aromatic heterocycles. The highest BCUT2D eigenvalue weighted by molar-refractivity contribution is 5.80. The van der Waals surface area contributed by atoms with E-state index in [0.29, 0.717) is 24.3 Å². The van der Waals surface area contributed by atoms with Gasteiger partial charge in [-0.15, -0.1) is 0 Å². The first-order chi connectivity index (χ1) is 11.6. The first-order valence-corrected chi connectivity index (χ1v) is 8.14. The maximum Gasteiger partial charge on any atom is 0.223 e. The van der Waals surface area contributed by atoms with Crippen LogP contribution in [0.4, 0.5) is 5.69 Å². The highest BCUT2D eigenvalue weighted by Gasteiger charge is 2.21. The van der Waals surface area contributed by atoms with Crippen LogP contribution in [0.2, 0.25) is 0 Å². The minimum Gasteiger partial charge on any atom is -0.367 e. The van der Waals surface area contributed by atoms with Gasteiger partial charge in [-0.3, -0.25) is 9.67 Å². The van der Waals surface area contributed by atoms with E-state index < -0.39 is 0 Å². The van der Waals surface area contributed by atoms with E-state index in [9.17, 15) is 0 Å². The molecular weight excluding hydrogens is 308 g/mol. The summed E-state index contributed by atoms with van der Waals surface area (Å²) in [5, 5.41) is 14.8. The molecule has 1 aliphatic rings. The lowest BCUT2D eigenvalue weighted by atomic mass is 10.1. The van der Waals surface area contributed by atoms with Crippen molar-refractivity contribution in [1.82, 2.24) is 30.6 Å². The van der Waals surface area contributed by atoms with E-state index in [-0.39, 0.29) is 0 Å². The quantitative estimate of drug-likeness (QED) is 0.619. The fourth-order valence-electron chi connectivity index (χ4n) is 2.86. The predicted octanol–water partition coefficient (Wildman–Crippen LogP) is 0.446. The number of guanidine groups is 1. The van der Waals surface area contributed by atoms with Gasteiger partial charge in [-0.25, -0.2) is 0 Å². The zero-order chi connectivity index (χ0) is 16.9. The molecule has 9 nitrogen and oxygen atoms in total. The number of nitrogens with one attached hydrogen (secondary N) is 2. The molecule has 1 aliphatic heterocycles. The van der Waals surface area contributed by atoms with Gasteiger partial charge in [0, 0.05) is 46.3 Å². The summed E-state index contributed by atoms with van der Waals surface area (Å²) in [6, 6.07) is 0.331. The first kappa shape index (κ1) is 16.3. The molecular formula is C15H24N8O. The van der Waals surface area contributed by atoms with Crippen LogP contribution in [-0.4, -0.2) is 52.1 Å². The van der Waals surface area contributed by atoms with Crippen molar-refractivity contribution in [3.05, 3.63) is 24.1 Å². The van der Waals surface area contributed by atoms with Gasteiger partial charge in [0.15, 0.2) is 11.8 Å². The van der Waals surface area contributed by atoms with E-state index in [1.807, 2.05) is 24.1 Å². The summed E-state index contributed by atoms with van der Waals surface area (Å²) in [6.45, 7) is 4.24. The number of hydrogen-bond acceptors (Lipinski definition) is 6. The Hall–Kier alpha value is -2.58. The average Bonchev–Trinajstić information content (AvgIpc) is 3.20. The van der Waals surface area contributed by atoms with Crippen molar-refractivity contribution in [3.63, 3.8) is 0 Å². The lowest BCUT2D eigenvalue weighted by Gasteiger charge is -2.34. The number of aryl methyl sites for hydroxylation is 2.